The number of nitrogens with zero attached hydrogens (tertiary/aromatic N) is 3. The van der Waals surface area contributed by atoms with Crippen molar-refractivity contribution in [3.8, 4) is 11.4 Å². The van der Waals surface area contributed by atoms with Crippen LogP contribution in [0.5, 0.6) is 0 Å². The fourth-order valence-electron chi connectivity index (χ4n) is 2.77. The monoisotopic (exact) mass is 362 g/mol. The highest BCUT2D eigenvalue weighted by Gasteiger charge is 2.13. The number of thiophene rings is 1. The Morgan fingerprint density at radius 1 is 1.12 bits per heavy atom. The van der Waals surface area contributed by atoms with Gasteiger partial charge < -0.3 is 10.4 Å². The maximum atomic E-state index is 9.82. The van der Waals surface area contributed by atoms with Gasteiger partial charge in [0.1, 0.15) is 10.6 Å². The third-order valence-electron chi connectivity index (χ3n) is 4.07. The standard InChI is InChI=1S/C20H18N4OS/c1-12-9-17-19(22-16-7-3-5-14(10-16)13(2)25)23-18(24-20(17)26-12)15-6-4-8-21-11-15/h3-11,13,25H,1-2H3,(H,22,23,24). The lowest BCUT2D eigenvalue weighted by atomic mass is 10.1. The van der Waals surface area contributed by atoms with E-state index >= 15 is 0 Å². The number of aliphatic hydroxyl groups excluding tert-OH is 1. The molecule has 6 heteroatoms. The smallest absolute Gasteiger partial charge is 0.164 e. The van der Waals surface area contributed by atoms with Gasteiger partial charge in [-0.2, -0.15) is 0 Å². The van der Waals surface area contributed by atoms with Gasteiger partial charge in [-0.3, -0.25) is 4.98 Å². The topological polar surface area (TPSA) is 70.9 Å². The second-order valence-corrected chi connectivity index (χ2v) is 7.37. The molecule has 3 heterocycles. The van der Waals surface area contributed by atoms with Gasteiger partial charge in [-0.1, -0.05) is 12.1 Å². The average Bonchev–Trinajstić information content (AvgIpc) is 3.03. The zero-order valence-corrected chi connectivity index (χ0v) is 15.3. The molecule has 0 saturated heterocycles. The van der Waals surface area contributed by atoms with E-state index in [4.69, 9.17) is 9.97 Å². The molecule has 0 amide bonds. The van der Waals surface area contributed by atoms with Crippen LogP contribution in [0.1, 0.15) is 23.5 Å². The molecule has 0 radical (unpaired) electrons. The number of fused-ring (bicyclic) bond motifs is 1. The predicted molar refractivity (Wildman–Crippen MR) is 106 cm³/mol. The SMILES string of the molecule is Cc1cc2c(Nc3cccc(C(C)O)c3)nc(-c3cccnc3)nc2s1. The molecule has 0 bridgehead atoms. The Hall–Kier alpha value is -2.83. The molecule has 1 aromatic carbocycles. The molecule has 5 nitrogen and oxygen atoms in total. The van der Waals surface area contributed by atoms with Gasteiger partial charge in [0, 0.05) is 28.5 Å². The Kier molecular flexibility index (Phi) is 4.36. The first-order chi connectivity index (χ1) is 12.6. The van der Waals surface area contributed by atoms with Gasteiger partial charge in [0.15, 0.2) is 5.82 Å². The third-order valence-corrected chi connectivity index (χ3v) is 5.01. The first-order valence-electron chi connectivity index (χ1n) is 8.34. The van der Waals surface area contributed by atoms with Gasteiger partial charge in [0.25, 0.3) is 0 Å². The van der Waals surface area contributed by atoms with E-state index in [9.17, 15) is 5.11 Å². The fraction of sp³-hybridized carbons (Fsp3) is 0.150. The minimum absolute atomic E-state index is 0.517. The molecule has 0 spiro atoms. The van der Waals surface area contributed by atoms with Crippen LogP contribution in [0.2, 0.25) is 0 Å². The Balaban J connectivity index is 1.82. The van der Waals surface area contributed by atoms with E-state index in [1.54, 1.807) is 30.7 Å². The molecule has 0 aliphatic rings. The average molecular weight is 362 g/mol. The highest BCUT2D eigenvalue weighted by atomic mass is 32.1. The van der Waals surface area contributed by atoms with Crippen LogP contribution in [0.4, 0.5) is 11.5 Å². The van der Waals surface area contributed by atoms with Crippen molar-refractivity contribution in [2.75, 3.05) is 5.32 Å². The van der Waals surface area contributed by atoms with Crippen molar-refractivity contribution in [1.29, 1.82) is 0 Å². The molecule has 26 heavy (non-hydrogen) atoms. The number of anilines is 2. The van der Waals surface area contributed by atoms with E-state index in [1.165, 1.54) is 4.88 Å². The molecule has 2 N–H and O–H groups in total. The van der Waals surface area contributed by atoms with Crippen molar-refractivity contribution in [1.82, 2.24) is 15.0 Å². The molecule has 1 unspecified atom stereocenters. The summed E-state index contributed by atoms with van der Waals surface area (Å²) in [5.74, 6) is 1.39. The number of pyridine rings is 1. The van der Waals surface area contributed by atoms with Crippen LogP contribution >= 0.6 is 11.3 Å². The van der Waals surface area contributed by atoms with Crippen LogP contribution in [-0.4, -0.2) is 20.1 Å². The van der Waals surface area contributed by atoms with Crippen LogP contribution < -0.4 is 5.32 Å². The highest BCUT2D eigenvalue weighted by Crippen LogP contribution is 2.32. The molecule has 4 aromatic rings. The van der Waals surface area contributed by atoms with E-state index in [0.717, 1.165) is 32.8 Å². The summed E-state index contributed by atoms with van der Waals surface area (Å²) in [7, 11) is 0. The number of benzene rings is 1. The summed E-state index contributed by atoms with van der Waals surface area (Å²) >= 11 is 1.64. The number of aromatic nitrogens is 3. The minimum atomic E-state index is -0.517. The number of rotatable bonds is 4. The lowest BCUT2D eigenvalue weighted by Crippen LogP contribution is -1.99. The highest BCUT2D eigenvalue weighted by molar-refractivity contribution is 7.18. The molecular formula is C20H18N4OS. The Morgan fingerprint density at radius 2 is 2.00 bits per heavy atom. The maximum absolute atomic E-state index is 9.82. The van der Waals surface area contributed by atoms with E-state index < -0.39 is 6.10 Å². The molecular weight excluding hydrogens is 344 g/mol. The van der Waals surface area contributed by atoms with Crippen molar-refractivity contribution in [2.45, 2.75) is 20.0 Å². The summed E-state index contributed by atoms with van der Waals surface area (Å²) in [6.07, 6.45) is 2.98. The molecule has 0 fully saturated rings. The fourth-order valence-corrected chi connectivity index (χ4v) is 3.65. The van der Waals surface area contributed by atoms with E-state index in [0.29, 0.717) is 5.82 Å². The lowest BCUT2D eigenvalue weighted by Gasteiger charge is -2.11. The molecule has 0 saturated carbocycles. The first kappa shape index (κ1) is 16.6. The quantitative estimate of drug-likeness (QED) is 0.542. The van der Waals surface area contributed by atoms with E-state index in [2.05, 4.69) is 23.3 Å². The number of hydrogen-bond acceptors (Lipinski definition) is 6. The molecule has 130 valence electrons. The van der Waals surface area contributed by atoms with Crippen molar-refractivity contribution in [3.63, 3.8) is 0 Å². The minimum Gasteiger partial charge on any atom is -0.389 e. The van der Waals surface area contributed by atoms with Crippen LogP contribution in [0.3, 0.4) is 0 Å². The normalized spacial score (nSPS) is 12.3. The zero-order valence-electron chi connectivity index (χ0n) is 14.5. The van der Waals surface area contributed by atoms with Crippen molar-refractivity contribution < 1.29 is 5.11 Å². The molecule has 0 aliphatic heterocycles. The molecule has 0 aliphatic carbocycles. The number of nitrogens with one attached hydrogen (secondary N) is 1. The van der Waals surface area contributed by atoms with Crippen LogP contribution in [0.25, 0.3) is 21.6 Å². The number of aryl methyl sites for hydroxylation is 1. The largest absolute Gasteiger partial charge is 0.389 e. The summed E-state index contributed by atoms with van der Waals surface area (Å²) in [5, 5.41) is 14.2. The number of hydrogen-bond donors (Lipinski definition) is 2. The predicted octanol–water partition coefficient (Wildman–Crippen LogP) is 4.86. The summed E-state index contributed by atoms with van der Waals surface area (Å²) < 4.78 is 0. The number of aliphatic hydroxyl groups is 1. The molecule has 4 rings (SSSR count). The second-order valence-electron chi connectivity index (χ2n) is 6.14. The Morgan fingerprint density at radius 3 is 2.77 bits per heavy atom. The van der Waals surface area contributed by atoms with Gasteiger partial charge >= 0.3 is 0 Å². The van der Waals surface area contributed by atoms with Gasteiger partial charge in [-0.25, -0.2) is 9.97 Å². The Bertz CT molecular complexity index is 1060. The van der Waals surface area contributed by atoms with Crippen molar-refractivity contribution in [2.24, 2.45) is 0 Å². The van der Waals surface area contributed by atoms with Crippen molar-refractivity contribution in [3.05, 3.63) is 65.3 Å². The van der Waals surface area contributed by atoms with Gasteiger partial charge in [0.05, 0.1) is 11.5 Å². The van der Waals surface area contributed by atoms with Gasteiger partial charge in [-0.15, -0.1) is 11.3 Å². The van der Waals surface area contributed by atoms with E-state index in [1.807, 2.05) is 36.4 Å². The zero-order chi connectivity index (χ0) is 18.1. The van der Waals surface area contributed by atoms with Crippen molar-refractivity contribution >= 4 is 33.1 Å². The van der Waals surface area contributed by atoms with Crippen LogP contribution in [0.15, 0.2) is 54.9 Å². The summed E-state index contributed by atoms with van der Waals surface area (Å²) in [6, 6.07) is 13.6. The first-order valence-corrected chi connectivity index (χ1v) is 9.15. The van der Waals surface area contributed by atoms with Gasteiger partial charge in [-0.05, 0) is 49.7 Å². The van der Waals surface area contributed by atoms with Crippen LogP contribution in [0, 0.1) is 6.92 Å². The van der Waals surface area contributed by atoms with Gasteiger partial charge in [0.2, 0.25) is 0 Å². The van der Waals surface area contributed by atoms with Crippen LogP contribution in [-0.2, 0) is 0 Å². The molecule has 3 aromatic heterocycles. The lowest BCUT2D eigenvalue weighted by molar-refractivity contribution is 0.199. The Labute approximate surface area is 155 Å². The summed E-state index contributed by atoms with van der Waals surface area (Å²) in [4.78, 5) is 15.7. The summed E-state index contributed by atoms with van der Waals surface area (Å²) in [6.45, 7) is 3.82. The summed E-state index contributed by atoms with van der Waals surface area (Å²) in [5.41, 5.74) is 2.61. The second kappa shape index (κ2) is 6.82. The maximum Gasteiger partial charge on any atom is 0.164 e. The third kappa shape index (κ3) is 3.29. The van der Waals surface area contributed by atoms with E-state index in [-0.39, 0.29) is 0 Å². The molecule has 1 atom stereocenters.